The number of rotatable bonds is 5. The molecule has 96 valence electrons. The fourth-order valence-corrected chi connectivity index (χ4v) is 2.13. The number of ether oxygens (including phenoxy) is 1. The van der Waals surface area contributed by atoms with Crippen LogP contribution in [0.2, 0.25) is 0 Å². The fourth-order valence-electron chi connectivity index (χ4n) is 2.13. The fraction of sp³-hybridized carbons (Fsp3) is 0.800. The Bertz CT molecular complexity index is 363. The maximum absolute atomic E-state index is 12.4. The Kier molecular flexibility index (Phi) is 4.01. The van der Waals surface area contributed by atoms with Crippen molar-refractivity contribution in [3.05, 3.63) is 11.4 Å². The first-order valence-electron chi connectivity index (χ1n) is 5.70. The lowest BCUT2D eigenvalue weighted by molar-refractivity contribution is 0.118. The van der Waals surface area contributed by atoms with E-state index in [1.807, 2.05) is 0 Å². The highest BCUT2D eigenvalue weighted by Gasteiger charge is 2.26. The Morgan fingerprint density at radius 1 is 1.53 bits per heavy atom. The Morgan fingerprint density at radius 3 is 2.94 bits per heavy atom. The van der Waals surface area contributed by atoms with Crippen molar-refractivity contribution < 1.29 is 13.5 Å². The van der Waals surface area contributed by atoms with Crippen LogP contribution in [0.25, 0.3) is 0 Å². The second kappa shape index (κ2) is 5.50. The SMILES string of the molecule is NCCc1nnn(CC(F)F)c1C1CCOC1. The maximum Gasteiger partial charge on any atom is 0.257 e. The molecule has 0 aliphatic carbocycles. The van der Waals surface area contributed by atoms with Crippen molar-refractivity contribution in [1.29, 1.82) is 0 Å². The van der Waals surface area contributed by atoms with E-state index in [1.54, 1.807) is 0 Å². The van der Waals surface area contributed by atoms with Crippen LogP contribution in [-0.4, -0.2) is 41.2 Å². The van der Waals surface area contributed by atoms with Crippen molar-refractivity contribution in [2.75, 3.05) is 19.8 Å². The van der Waals surface area contributed by atoms with Crippen LogP contribution in [0.5, 0.6) is 0 Å². The quantitative estimate of drug-likeness (QED) is 0.824. The van der Waals surface area contributed by atoms with Gasteiger partial charge in [-0.25, -0.2) is 13.5 Å². The van der Waals surface area contributed by atoms with Gasteiger partial charge in [0.2, 0.25) is 0 Å². The standard InChI is InChI=1S/C10H16F2N4O/c11-9(12)5-16-10(7-2-4-17-6-7)8(1-3-13)14-15-16/h7,9H,1-6,13H2. The molecule has 1 fully saturated rings. The molecule has 5 nitrogen and oxygen atoms in total. The lowest BCUT2D eigenvalue weighted by Crippen LogP contribution is -2.16. The van der Waals surface area contributed by atoms with E-state index in [0.29, 0.717) is 26.2 Å². The minimum absolute atomic E-state index is 0.116. The monoisotopic (exact) mass is 246 g/mol. The molecule has 2 rings (SSSR count). The molecule has 1 atom stereocenters. The van der Waals surface area contributed by atoms with Crippen molar-refractivity contribution in [2.45, 2.75) is 31.7 Å². The second-order valence-electron chi connectivity index (χ2n) is 4.09. The van der Waals surface area contributed by atoms with Gasteiger partial charge in [0, 0.05) is 18.9 Å². The molecule has 0 spiro atoms. The third-order valence-electron chi connectivity index (χ3n) is 2.86. The normalized spacial score (nSPS) is 20.4. The van der Waals surface area contributed by atoms with Gasteiger partial charge in [-0.15, -0.1) is 5.10 Å². The van der Waals surface area contributed by atoms with Gasteiger partial charge >= 0.3 is 0 Å². The largest absolute Gasteiger partial charge is 0.381 e. The second-order valence-corrected chi connectivity index (χ2v) is 4.09. The predicted molar refractivity (Wildman–Crippen MR) is 57.0 cm³/mol. The van der Waals surface area contributed by atoms with Crippen LogP contribution in [-0.2, 0) is 17.7 Å². The van der Waals surface area contributed by atoms with Crippen LogP contribution in [0, 0.1) is 0 Å². The van der Waals surface area contributed by atoms with E-state index in [1.165, 1.54) is 4.68 Å². The van der Waals surface area contributed by atoms with Gasteiger partial charge in [-0.1, -0.05) is 5.21 Å². The molecule has 2 heterocycles. The summed E-state index contributed by atoms with van der Waals surface area (Å²) in [4.78, 5) is 0. The van der Waals surface area contributed by atoms with Gasteiger partial charge in [0.25, 0.3) is 6.43 Å². The van der Waals surface area contributed by atoms with Gasteiger partial charge in [0.15, 0.2) is 0 Å². The zero-order valence-corrected chi connectivity index (χ0v) is 9.48. The summed E-state index contributed by atoms with van der Waals surface area (Å²) in [6, 6.07) is 0. The van der Waals surface area contributed by atoms with Crippen molar-refractivity contribution in [3.8, 4) is 0 Å². The Labute approximate surface area is 97.9 Å². The average Bonchev–Trinajstić information content (AvgIpc) is 2.87. The summed E-state index contributed by atoms with van der Waals surface area (Å²) in [7, 11) is 0. The lowest BCUT2D eigenvalue weighted by Gasteiger charge is -2.12. The van der Waals surface area contributed by atoms with Crippen molar-refractivity contribution >= 4 is 0 Å². The highest BCUT2D eigenvalue weighted by atomic mass is 19.3. The molecule has 2 N–H and O–H groups in total. The molecule has 0 bridgehead atoms. The molecule has 0 amide bonds. The minimum atomic E-state index is -2.43. The van der Waals surface area contributed by atoms with E-state index in [0.717, 1.165) is 17.8 Å². The van der Waals surface area contributed by atoms with E-state index < -0.39 is 13.0 Å². The summed E-state index contributed by atoms with van der Waals surface area (Å²) >= 11 is 0. The molecular weight excluding hydrogens is 230 g/mol. The van der Waals surface area contributed by atoms with Crippen LogP contribution < -0.4 is 5.73 Å². The van der Waals surface area contributed by atoms with E-state index in [2.05, 4.69) is 10.3 Å². The van der Waals surface area contributed by atoms with Gasteiger partial charge in [0.05, 0.1) is 18.0 Å². The maximum atomic E-state index is 12.4. The van der Waals surface area contributed by atoms with Crippen molar-refractivity contribution in [2.24, 2.45) is 5.73 Å². The molecule has 1 aromatic rings. The van der Waals surface area contributed by atoms with E-state index in [-0.39, 0.29) is 5.92 Å². The lowest BCUT2D eigenvalue weighted by atomic mass is 10.0. The van der Waals surface area contributed by atoms with E-state index in [4.69, 9.17) is 10.5 Å². The smallest absolute Gasteiger partial charge is 0.257 e. The Morgan fingerprint density at radius 2 is 2.35 bits per heavy atom. The van der Waals surface area contributed by atoms with Gasteiger partial charge < -0.3 is 10.5 Å². The highest BCUT2D eigenvalue weighted by Crippen LogP contribution is 2.27. The molecule has 1 saturated heterocycles. The third kappa shape index (κ3) is 2.78. The van der Waals surface area contributed by atoms with Gasteiger partial charge in [-0.3, -0.25) is 0 Å². The van der Waals surface area contributed by atoms with Crippen LogP contribution in [0.3, 0.4) is 0 Å². The topological polar surface area (TPSA) is 66.0 Å². The molecule has 1 aliphatic heterocycles. The number of hydrogen-bond donors (Lipinski definition) is 1. The first-order chi connectivity index (χ1) is 8.22. The van der Waals surface area contributed by atoms with Crippen LogP contribution >= 0.6 is 0 Å². The molecule has 17 heavy (non-hydrogen) atoms. The third-order valence-corrected chi connectivity index (χ3v) is 2.86. The highest BCUT2D eigenvalue weighted by molar-refractivity contribution is 5.17. The van der Waals surface area contributed by atoms with Gasteiger partial charge in [-0.2, -0.15) is 0 Å². The summed E-state index contributed by atoms with van der Waals surface area (Å²) in [6.45, 7) is 1.23. The number of nitrogens with zero attached hydrogens (tertiary/aromatic N) is 3. The van der Waals surface area contributed by atoms with E-state index in [9.17, 15) is 8.78 Å². The van der Waals surface area contributed by atoms with Crippen LogP contribution in [0.1, 0.15) is 23.7 Å². The molecule has 1 unspecified atom stereocenters. The van der Waals surface area contributed by atoms with Crippen LogP contribution in [0.4, 0.5) is 8.78 Å². The summed E-state index contributed by atoms with van der Waals surface area (Å²) in [6.07, 6.45) is -1.04. The number of nitrogens with two attached hydrogens (primary N) is 1. The Hall–Kier alpha value is -1.08. The summed E-state index contributed by atoms with van der Waals surface area (Å²) in [5, 5.41) is 7.74. The number of hydrogen-bond acceptors (Lipinski definition) is 4. The minimum Gasteiger partial charge on any atom is -0.381 e. The van der Waals surface area contributed by atoms with E-state index >= 15 is 0 Å². The van der Waals surface area contributed by atoms with Crippen LogP contribution in [0.15, 0.2) is 0 Å². The summed E-state index contributed by atoms with van der Waals surface area (Å²) in [5.41, 5.74) is 6.98. The summed E-state index contributed by atoms with van der Waals surface area (Å²) < 4.78 is 31.5. The molecule has 0 aromatic carbocycles. The number of halogens is 2. The van der Waals surface area contributed by atoms with Gasteiger partial charge in [0.1, 0.15) is 6.54 Å². The van der Waals surface area contributed by atoms with Crippen molar-refractivity contribution in [3.63, 3.8) is 0 Å². The predicted octanol–water partition coefficient (Wildman–Crippen LogP) is 0.548. The molecule has 1 aliphatic rings. The Balaban J connectivity index is 2.25. The summed E-state index contributed by atoms with van der Waals surface area (Å²) in [5.74, 6) is 0.116. The van der Waals surface area contributed by atoms with Crippen molar-refractivity contribution in [1.82, 2.24) is 15.0 Å². The van der Waals surface area contributed by atoms with Gasteiger partial charge in [-0.05, 0) is 13.0 Å². The zero-order chi connectivity index (χ0) is 12.3. The first kappa shape index (κ1) is 12.4. The average molecular weight is 246 g/mol. The molecule has 1 aromatic heterocycles. The molecular formula is C10H16F2N4O. The molecule has 0 radical (unpaired) electrons. The molecule has 0 saturated carbocycles. The first-order valence-corrected chi connectivity index (χ1v) is 5.70. The number of alkyl halides is 2. The molecule has 7 heteroatoms. The zero-order valence-electron chi connectivity index (χ0n) is 9.48. The number of aromatic nitrogens is 3.